The second-order valence-electron chi connectivity index (χ2n) is 5.87. The molecule has 0 aliphatic rings. The maximum atomic E-state index is 12.6. The van der Waals surface area contributed by atoms with Crippen LogP contribution in [0.1, 0.15) is 32.7 Å². The van der Waals surface area contributed by atoms with E-state index in [-0.39, 0.29) is 18.0 Å². The summed E-state index contributed by atoms with van der Waals surface area (Å²) >= 11 is 5.88. The van der Waals surface area contributed by atoms with Crippen molar-refractivity contribution in [1.82, 2.24) is 0 Å². The smallest absolute Gasteiger partial charge is 0.186 e. The highest BCUT2D eigenvalue weighted by atomic mass is 35.5. The van der Waals surface area contributed by atoms with Crippen LogP contribution in [-0.4, -0.2) is 11.6 Å². The number of halogens is 1. The van der Waals surface area contributed by atoms with Gasteiger partial charge in [0.2, 0.25) is 0 Å². The van der Waals surface area contributed by atoms with Gasteiger partial charge >= 0.3 is 0 Å². The lowest BCUT2D eigenvalue weighted by molar-refractivity contribution is 0.0998. The summed E-state index contributed by atoms with van der Waals surface area (Å²) in [6, 6.07) is 25.3. The molecule has 0 radical (unpaired) electrons. The topological polar surface area (TPSA) is 34.1 Å². The second-order valence-corrected chi connectivity index (χ2v) is 6.31. The van der Waals surface area contributed by atoms with Gasteiger partial charge in [-0.05, 0) is 41.5 Å². The summed E-state index contributed by atoms with van der Waals surface area (Å²) in [6.07, 6.45) is 1.70. The molecule has 0 heterocycles. The second kappa shape index (κ2) is 8.41. The van der Waals surface area contributed by atoms with Gasteiger partial charge in [-0.15, -0.1) is 0 Å². The van der Waals surface area contributed by atoms with Gasteiger partial charge in [0.15, 0.2) is 11.6 Å². The van der Waals surface area contributed by atoms with Crippen LogP contribution in [0.15, 0.2) is 91.0 Å². The van der Waals surface area contributed by atoms with E-state index in [2.05, 4.69) is 0 Å². The zero-order chi connectivity index (χ0) is 18.4. The molecule has 0 aromatic heterocycles. The van der Waals surface area contributed by atoms with Crippen LogP contribution in [0.2, 0.25) is 5.02 Å². The number of carbonyl (C=O) groups is 2. The van der Waals surface area contributed by atoms with E-state index in [0.29, 0.717) is 21.7 Å². The first-order chi connectivity index (χ1) is 12.6. The van der Waals surface area contributed by atoms with Crippen molar-refractivity contribution in [2.45, 2.75) is 6.42 Å². The Morgan fingerprint density at radius 2 is 1.23 bits per heavy atom. The number of ketones is 2. The van der Waals surface area contributed by atoms with Crippen molar-refractivity contribution in [3.05, 3.63) is 113 Å². The fourth-order valence-electron chi connectivity index (χ4n) is 2.64. The van der Waals surface area contributed by atoms with Crippen LogP contribution < -0.4 is 0 Å². The molecular formula is C23H17ClO2. The highest BCUT2D eigenvalue weighted by Crippen LogP contribution is 2.22. The van der Waals surface area contributed by atoms with Gasteiger partial charge in [-0.25, -0.2) is 0 Å². The van der Waals surface area contributed by atoms with Gasteiger partial charge in [-0.3, -0.25) is 9.59 Å². The zero-order valence-electron chi connectivity index (χ0n) is 14.1. The number of allylic oxidation sites excluding steroid dienone is 2. The number of hydrogen-bond acceptors (Lipinski definition) is 2. The Balaban J connectivity index is 1.92. The van der Waals surface area contributed by atoms with Crippen molar-refractivity contribution >= 4 is 28.7 Å². The Bertz CT molecular complexity index is 927. The molecule has 0 atom stereocenters. The molecule has 3 heteroatoms. The Labute approximate surface area is 157 Å². The Morgan fingerprint density at radius 3 is 1.81 bits per heavy atom. The van der Waals surface area contributed by atoms with Crippen LogP contribution >= 0.6 is 11.6 Å². The molecule has 0 aliphatic heterocycles. The maximum Gasteiger partial charge on any atom is 0.186 e. The first-order valence-electron chi connectivity index (χ1n) is 8.27. The summed E-state index contributed by atoms with van der Waals surface area (Å²) in [4.78, 5) is 25.2. The zero-order valence-corrected chi connectivity index (χ0v) is 14.8. The van der Waals surface area contributed by atoms with Gasteiger partial charge in [0.25, 0.3) is 0 Å². The minimum Gasteiger partial charge on any atom is -0.294 e. The van der Waals surface area contributed by atoms with Crippen LogP contribution in [0.25, 0.3) is 5.57 Å². The third-order valence-corrected chi connectivity index (χ3v) is 4.28. The first kappa shape index (κ1) is 17.8. The van der Waals surface area contributed by atoms with E-state index in [1.54, 1.807) is 42.5 Å². The summed E-state index contributed by atoms with van der Waals surface area (Å²) in [6.45, 7) is 0. The minimum absolute atomic E-state index is 0.0235. The van der Waals surface area contributed by atoms with Gasteiger partial charge in [-0.1, -0.05) is 72.3 Å². The lowest BCUT2D eigenvalue weighted by Gasteiger charge is -2.08. The summed E-state index contributed by atoms with van der Waals surface area (Å²) in [7, 11) is 0. The number of benzene rings is 3. The molecule has 128 valence electrons. The highest BCUT2D eigenvalue weighted by molar-refractivity contribution is 6.30. The van der Waals surface area contributed by atoms with E-state index < -0.39 is 0 Å². The molecule has 0 saturated carbocycles. The van der Waals surface area contributed by atoms with E-state index in [4.69, 9.17) is 11.6 Å². The van der Waals surface area contributed by atoms with E-state index >= 15 is 0 Å². The van der Waals surface area contributed by atoms with Crippen molar-refractivity contribution in [2.24, 2.45) is 0 Å². The SMILES string of the molecule is O=C(/C=C(\CC(=O)c1ccccc1)c1ccccc1)c1ccc(Cl)cc1. The molecule has 0 N–H and O–H groups in total. The van der Waals surface area contributed by atoms with Gasteiger partial charge < -0.3 is 0 Å². The number of rotatable bonds is 6. The third kappa shape index (κ3) is 4.56. The van der Waals surface area contributed by atoms with Crippen LogP contribution in [-0.2, 0) is 0 Å². The molecule has 3 aromatic carbocycles. The van der Waals surface area contributed by atoms with Gasteiger partial charge in [0.1, 0.15) is 0 Å². The Hall–Kier alpha value is -2.97. The van der Waals surface area contributed by atoms with E-state index in [1.807, 2.05) is 48.5 Å². The average molecular weight is 361 g/mol. The largest absolute Gasteiger partial charge is 0.294 e. The molecule has 0 bridgehead atoms. The molecule has 3 aromatic rings. The Kier molecular flexibility index (Phi) is 5.77. The normalized spacial score (nSPS) is 11.2. The fraction of sp³-hybridized carbons (Fsp3) is 0.0435. The fourth-order valence-corrected chi connectivity index (χ4v) is 2.77. The average Bonchev–Trinajstić information content (AvgIpc) is 2.69. The number of Topliss-reactive ketones (excluding diaryl/α,β-unsaturated/α-hetero) is 1. The predicted molar refractivity (Wildman–Crippen MR) is 106 cm³/mol. The summed E-state index contributed by atoms with van der Waals surface area (Å²) in [5.41, 5.74) is 2.72. The lowest BCUT2D eigenvalue weighted by Crippen LogP contribution is -2.03. The molecule has 26 heavy (non-hydrogen) atoms. The number of hydrogen-bond donors (Lipinski definition) is 0. The van der Waals surface area contributed by atoms with Crippen molar-refractivity contribution in [1.29, 1.82) is 0 Å². The van der Waals surface area contributed by atoms with Gasteiger partial charge in [-0.2, -0.15) is 0 Å². The minimum atomic E-state index is -0.151. The van der Waals surface area contributed by atoms with Crippen molar-refractivity contribution < 1.29 is 9.59 Å². The predicted octanol–water partition coefficient (Wildman–Crippen LogP) is 5.88. The monoisotopic (exact) mass is 360 g/mol. The van der Waals surface area contributed by atoms with Crippen LogP contribution in [0.4, 0.5) is 0 Å². The van der Waals surface area contributed by atoms with E-state index in [0.717, 1.165) is 5.56 Å². The molecule has 3 rings (SSSR count). The summed E-state index contributed by atoms with van der Waals surface area (Å²) in [5.74, 6) is -0.175. The lowest BCUT2D eigenvalue weighted by atomic mass is 9.95. The van der Waals surface area contributed by atoms with Crippen molar-refractivity contribution in [2.75, 3.05) is 0 Å². The summed E-state index contributed by atoms with van der Waals surface area (Å²) < 4.78 is 0. The van der Waals surface area contributed by atoms with E-state index in [1.165, 1.54) is 0 Å². The number of carbonyl (C=O) groups excluding carboxylic acids is 2. The van der Waals surface area contributed by atoms with Crippen LogP contribution in [0.5, 0.6) is 0 Å². The first-order valence-corrected chi connectivity index (χ1v) is 8.65. The van der Waals surface area contributed by atoms with E-state index in [9.17, 15) is 9.59 Å². The summed E-state index contributed by atoms with van der Waals surface area (Å²) in [5, 5.41) is 0.577. The molecule has 0 aliphatic carbocycles. The molecule has 2 nitrogen and oxygen atoms in total. The molecule has 0 saturated heterocycles. The van der Waals surface area contributed by atoms with Crippen LogP contribution in [0.3, 0.4) is 0 Å². The van der Waals surface area contributed by atoms with Gasteiger partial charge in [0, 0.05) is 22.6 Å². The quantitative estimate of drug-likeness (QED) is 0.406. The van der Waals surface area contributed by atoms with Crippen LogP contribution in [0, 0.1) is 0 Å². The molecule has 0 unspecified atom stereocenters. The molecular weight excluding hydrogens is 344 g/mol. The molecule has 0 amide bonds. The standard InChI is InChI=1S/C23H17ClO2/c24-21-13-11-19(12-14-21)23(26)16-20(17-7-3-1-4-8-17)15-22(25)18-9-5-2-6-10-18/h1-14,16H,15H2/b20-16+. The van der Waals surface area contributed by atoms with Crippen molar-refractivity contribution in [3.63, 3.8) is 0 Å². The molecule has 0 spiro atoms. The van der Waals surface area contributed by atoms with Gasteiger partial charge in [0.05, 0.1) is 0 Å². The van der Waals surface area contributed by atoms with Crippen molar-refractivity contribution in [3.8, 4) is 0 Å². The highest BCUT2D eigenvalue weighted by Gasteiger charge is 2.13. The maximum absolute atomic E-state index is 12.6. The Morgan fingerprint density at radius 1 is 0.692 bits per heavy atom. The molecule has 0 fully saturated rings. The third-order valence-electron chi connectivity index (χ3n) is 4.03.